The molecule has 0 aliphatic carbocycles. The molecule has 0 saturated heterocycles. The average molecular weight is 340 g/mol. The summed E-state index contributed by atoms with van der Waals surface area (Å²) in [5.74, 6) is -1.22. The van der Waals surface area contributed by atoms with Crippen molar-refractivity contribution in [3.8, 4) is 0 Å². The maximum absolute atomic E-state index is 13.2. The number of aromatic carboxylic acids is 1. The summed E-state index contributed by atoms with van der Waals surface area (Å²) >= 11 is 1.43. The number of hydrogen-bond donors (Lipinski definition) is 1. The molecule has 0 bridgehead atoms. The minimum absolute atomic E-state index is 0.0296. The number of carboxylic acid groups (broad SMARTS) is 1. The standard InChI is InChI=1S/C18H16N2O3S/c1-11(2)14-10-19-17(24-14)18(8-5-9-20-18)15(21)12-6-3-4-7-13(12)16(22)23/h3-11H,1-2H3,(H,22,23). The van der Waals surface area contributed by atoms with Gasteiger partial charge in [-0.25, -0.2) is 9.78 Å². The van der Waals surface area contributed by atoms with E-state index in [1.807, 2.05) is 0 Å². The fourth-order valence-electron chi connectivity index (χ4n) is 2.55. The van der Waals surface area contributed by atoms with Crippen LogP contribution in [0, 0.1) is 0 Å². The number of carbonyl (C=O) groups excluding carboxylic acids is 1. The number of thiazole rings is 1. The molecule has 0 fully saturated rings. The first-order valence-corrected chi connectivity index (χ1v) is 8.33. The van der Waals surface area contributed by atoms with Crippen molar-refractivity contribution in [1.82, 2.24) is 4.98 Å². The van der Waals surface area contributed by atoms with Crippen molar-refractivity contribution in [1.29, 1.82) is 0 Å². The molecule has 1 N–H and O–H groups in total. The van der Waals surface area contributed by atoms with E-state index in [1.165, 1.54) is 23.5 Å². The van der Waals surface area contributed by atoms with Crippen LogP contribution in [-0.2, 0) is 5.54 Å². The second kappa shape index (κ2) is 6.13. The minimum Gasteiger partial charge on any atom is -0.478 e. The maximum Gasteiger partial charge on any atom is 0.336 e. The van der Waals surface area contributed by atoms with Crippen molar-refractivity contribution in [2.45, 2.75) is 25.3 Å². The fourth-order valence-corrected chi connectivity index (χ4v) is 3.59. The van der Waals surface area contributed by atoms with Gasteiger partial charge in [-0.05, 0) is 24.1 Å². The molecule has 0 radical (unpaired) electrons. The lowest BCUT2D eigenvalue weighted by Crippen LogP contribution is -2.31. The molecule has 5 nitrogen and oxygen atoms in total. The number of benzene rings is 1. The van der Waals surface area contributed by atoms with Gasteiger partial charge in [-0.2, -0.15) is 0 Å². The van der Waals surface area contributed by atoms with Gasteiger partial charge in [0.1, 0.15) is 5.01 Å². The summed E-state index contributed by atoms with van der Waals surface area (Å²) in [5, 5.41) is 9.92. The predicted octanol–water partition coefficient (Wildman–Crippen LogP) is 3.68. The van der Waals surface area contributed by atoms with E-state index >= 15 is 0 Å². The van der Waals surface area contributed by atoms with Crippen molar-refractivity contribution < 1.29 is 14.7 Å². The topological polar surface area (TPSA) is 79.6 Å². The molecule has 122 valence electrons. The van der Waals surface area contributed by atoms with E-state index in [1.54, 1.807) is 36.7 Å². The molecule has 1 aliphatic heterocycles. The zero-order chi connectivity index (χ0) is 17.3. The van der Waals surface area contributed by atoms with E-state index in [0.29, 0.717) is 10.9 Å². The molecule has 24 heavy (non-hydrogen) atoms. The second-order valence-corrected chi connectivity index (χ2v) is 6.87. The molecule has 0 spiro atoms. The van der Waals surface area contributed by atoms with E-state index in [0.717, 1.165) is 4.88 Å². The second-order valence-electron chi connectivity index (χ2n) is 5.81. The van der Waals surface area contributed by atoms with Gasteiger partial charge < -0.3 is 5.11 Å². The molecule has 1 aromatic carbocycles. The van der Waals surface area contributed by atoms with E-state index in [2.05, 4.69) is 23.8 Å². The smallest absolute Gasteiger partial charge is 0.336 e. The first-order valence-electron chi connectivity index (χ1n) is 7.52. The van der Waals surface area contributed by atoms with Gasteiger partial charge >= 0.3 is 5.97 Å². The summed E-state index contributed by atoms with van der Waals surface area (Å²) < 4.78 is 0. The van der Waals surface area contributed by atoms with Gasteiger partial charge in [0, 0.05) is 22.9 Å². The number of ketones is 1. The third-order valence-corrected chi connectivity index (χ3v) is 5.29. The lowest BCUT2D eigenvalue weighted by atomic mass is 9.88. The van der Waals surface area contributed by atoms with Crippen molar-refractivity contribution in [2.75, 3.05) is 0 Å². The Labute approximate surface area is 143 Å². The van der Waals surface area contributed by atoms with Crippen LogP contribution in [-0.4, -0.2) is 28.1 Å². The highest BCUT2D eigenvalue weighted by Crippen LogP contribution is 2.38. The SMILES string of the molecule is CC(C)c1cnc(C2(C(=O)c3ccccc3C(=O)O)C=CC=N2)s1. The van der Waals surface area contributed by atoms with Crippen LogP contribution in [0.5, 0.6) is 0 Å². The van der Waals surface area contributed by atoms with Crippen molar-refractivity contribution >= 4 is 29.3 Å². The maximum atomic E-state index is 13.2. The first-order chi connectivity index (χ1) is 11.5. The largest absolute Gasteiger partial charge is 0.478 e. The Balaban J connectivity index is 2.12. The Morgan fingerprint density at radius 1 is 1.21 bits per heavy atom. The molecule has 1 aliphatic rings. The Hall–Kier alpha value is -2.60. The molecular weight excluding hydrogens is 324 g/mol. The number of nitrogens with zero attached hydrogens (tertiary/aromatic N) is 2. The zero-order valence-electron chi connectivity index (χ0n) is 13.3. The zero-order valence-corrected chi connectivity index (χ0v) is 14.1. The lowest BCUT2D eigenvalue weighted by molar-refractivity contribution is 0.0690. The molecule has 1 unspecified atom stereocenters. The van der Waals surface area contributed by atoms with Crippen LogP contribution in [0.25, 0.3) is 0 Å². The highest BCUT2D eigenvalue weighted by Gasteiger charge is 2.43. The van der Waals surface area contributed by atoms with Gasteiger partial charge in [-0.3, -0.25) is 9.79 Å². The minimum atomic E-state index is -1.27. The average Bonchev–Trinajstić information content (AvgIpc) is 3.24. The summed E-state index contributed by atoms with van der Waals surface area (Å²) in [6.45, 7) is 4.11. The quantitative estimate of drug-likeness (QED) is 0.842. The molecule has 6 heteroatoms. The molecule has 1 atom stereocenters. The molecule has 0 saturated carbocycles. The van der Waals surface area contributed by atoms with Gasteiger partial charge in [-0.15, -0.1) is 11.3 Å². The Bertz CT molecular complexity index is 853. The Morgan fingerprint density at radius 2 is 1.92 bits per heavy atom. The van der Waals surface area contributed by atoms with Gasteiger partial charge in [0.25, 0.3) is 0 Å². The highest BCUT2D eigenvalue weighted by atomic mass is 32.1. The van der Waals surface area contributed by atoms with Crippen LogP contribution in [0.1, 0.15) is 50.4 Å². The summed E-state index contributed by atoms with van der Waals surface area (Å²) in [6.07, 6.45) is 6.68. The molecule has 2 heterocycles. The number of carbonyl (C=O) groups is 2. The van der Waals surface area contributed by atoms with E-state index in [9.17, 15) is 14.7 Å². The Kier molecular flexibility index (Phi) is 4.15. The monoisotopic (exact) mass is 340 g/mol. The van der Waals surface area contributed by atoms with Crippen LogP contribution in [0.15, 0.2) is 47.6 Å². The first kappa shape index (κ1) is 16.3. The van der Waals surface area contributed by atoms with Gasteiger partial charge in [0.15, 0.2) is 5.54 Å². The molecule has 2 aromatic rings. The third-order valence-electron chi connectivity index (χ3n) is 3.87. The number of hydrogen-bond acceptors (Lipinski definition) is 5. The number of aromatic nitrogens is 1. The van der Waals surface area contributed by atoms with Crippen LogP contribution < -0.4 is 0 Å². The van der Waals surface area contributed by atoms with Gasteiger partial charge in [0.05, 0.1) is 5.56 Å². The Morgan fingerprint density at radius 3 is 2.46 bits per heavy atom. The van der Waals surface area contributed by atoms with Crippen LogP contribution >= 0.6 is 11.3 Å². The van der Waals surface area contributed by atoms with Crippen molar-refractivity contribution in [2.24, 2.45) is 4.99 Å². The number of Topliss-reactive ketones (excluding diaryl/α,β-unsaturated/α-hetero) is 1. The lowest BCUT2D eigenvalue weighted by Gasteiger charge is -2.21. The number of aliphatic imine (C=N–C) groups is 1. The third kappa shape index (κ3) is 2.59. The van der Waals surface area contributed by atoms with Crippen LogP contribution in [0.3, 0.4) is 0 Å². The molecule has 3 rings (SSSR count). The van der Waals surface area contributed by atoms with E-state index < -0.39 is 11.5 Å². The molecule has 0 amide bonds. The number of allylic oxidation sites excluding steroid dienone is 1. The summed E-state index contributed by atoms with van der Waals surface area (Å²) in [7, 11) is 0. The molecular formula is C18H16N2O3S. The predicted molar refractivity (Wildman–Crippen MR) is 93.2 cm³/mol. The van der Waals surface area contributed by atoms with Gasteiger partial charge in [0.2, 0.25) is 5.78 Å². The summed E-state index contributed by atoms with van der Waals surface area (Å²) in [4.78, 5) is 34.5. The van der Waals surface area contributed by atoms with E-state index in [4.69, 9.17) is 0 Å². The highest BCUT2D eigenvalue weighted by molar-refractivity contribution is 7.12. The van der Waals surface area contributed by atoms with E-state index in [-0.39, 0.29) is 16.9 Å². The summed E-state index contributed by atoms with van der Waals surface area (Å²) in [6, 6.07) is 6.19. The van der Waals surface area contributed by atoms with Crippen molar-refractivity contribution in [3.05, 3.63) is 63.6 Å². The van der Waals surface area contributed by atoms with Crippen LogP contribution in [0.2, 0.25) is 0 Å². The van der Waals surface area contributed by atoms with Crippen LogP contribution in [0.4, 0.5) is 0 Å². The normalized spacial score (nSPS) is 19.1. The van der Waals surface area contributed by atoms with Crippen molar-refractivity contribution in [3.63, 3.8) is 0 Å². The molecule has 1 aromatic heterocycles. The number of carboxylic acids is 1. The number of rotatable bonds is 5. The van der Waals surface area contributed by atoms with Gasteiger partial charge in [-0.1, -0.05) is 32.0 Å². The summed E-state index contributed by atoms with van der Waals surface area (Å²) in [5.41, 5.74) is -1.17. The fraction of sp³-hybridized carbons (Fsp3) is 0.222.